The summed E-state index contributed by atoms with van der Waals surface area (Å²) in [5.74, 6) is -0.710. The van der Waals surface area contributed by atoms with Crippen molar-refractivity contribution in [2.45, 2.75) is 90.4 Å². The lowest BCUT2D eigenvalue weighted by Gasteiger charge is -2.39. The fraction of sp³-hybridized carbons (Fsp3) is 0.870. The molecule has 1 heterocycles. The van der Waals surface area contributed by atoms with Crippen LogP contribution in [0.5, 0.6) is 0 Å². The van der Waals surface area contributed by atoms with E-state index in [2.05, 4.69) is 17.3 Å². The topological polar surface area (TPSA) is 105 Å². The van der Waals surface area contributed by atoms with Crippen LogP contribution >= 0.6 is 0 Å². The second kappa shape index (κ2) is 13.0. The van der Waals surface area contributed by atoms with E-state index < -0.39 is 18.1 Å². The molecular formula is C23H44N4O4. The van der Waals surface area contributed by atoms with Crippen molar-refractivity contribution in [3.63, 3.8) is 0 Å². The number of piperidine rings is 1. The molecule has 8 heteroatoms. The van der Waals surface area contributed by atoms with Crippen LogP contribution in [0, 0.1) is 11.8 Å². The molecule has 1 fully saturated rings. The minimum atomic E-state index is -0.635. The van der Waals surface area contributed by atoms with Gasteiger partial charge in [-0.15, -0.1) is 0 Å². The Morgan fingerprint density at radius 1 is 1.23 bits per heavy atom. The summed E-state index contributed by atoms with van der Waals surface area (Å²) in [6.45, 7) is 8.93. The van der Waals surface area contributed by atoms with Crippen LogP contribution in [0.4, 0.5) is 0 Å². The zero-order chi connectivity index (χ0) is 23.7. The molecule has 0 radical (unpaired) electrons. The molecule has 0 aromatic rings. The molecule has 3 N–H and O–H groups in total. The minimum absolute atomic E-state index is 0.0375. The third kappa shape index (κ3) is 8.07. The predicted molar refractivity (Wildman–Crippen MR) is 122 cm³/mol. The molecule has 5 atom stereocenters. The van der Waals surface area contributed by atoms with E-state index in [9.17, 15) is 14.4 Å². The van der Waals surface area contributed by atoms with Crippen molar-refractivity contribution in [1.82, 2.24) is 15.1 Å². The zero-order valence-electron chi connectivity index (χ0n) is 20.5. The number of carbonyl (C=O) groups is 3. The second-order valence-corrected chi connectivity index (χ2v) is 9.39. The highest BCUT2D eigenvalue weighted by molar-refractivity contribution is 5.88. The summed E-state index contributed by atoms with van der Waals surface area (Å²) >= 11 is 0. The van der Waals surface area contributed by atoms with E-state index >= 15 is 0 Å². The number of likely N-dealkylation sites (N-methyl/N-ethyl adjacent to an activating group) is 1. The molecule has 0 aromatic heterocycles. The van der Waals surface area contributed by atoms with E-state index in [1.54, 1.807) is 11.9 Å². The lowest BCUT2D eigenvalue weighted by Crippen LogP contribution is -2.57. The highest BCUT2D eigenvalue weighted by Crippen LogP contribution is 2.23. The summed E-state index contributed by atoms with van der Waals surface area (Å²) < 4.78 is 5.56. The number of nitrogens with one attached hydrogen (secondary N) is 1. The summed E-state index contributed by atoms with van der Waals surface area (Å²) in [7, 11) is 5.31. The van der Waals surface area contributed by atoms with Crippen molar-refractivity contribution in [1.29, 1.82) is 0 Å². The number of hydrogen-bond acceptors (Lipinski definition) is 5. The molecule has 1 rings (SSSR count). The average Bonchev–Trinajstić information content (AvgIpc) is 2.71. The monoisotopic (exact) mass is 440 g/mol. The standard InChI is InChI=1S/C23H44N4O4/c1-8-16(4)22(18(31-7)14-19(24)28)27(6)23(30)21(15(2)3)25-20(29)13-17-11-9-10-12-26(17)5/h15-18,21-22H,8-14H2,1-7H3,(H2,24,28)(H,25,29)/t16-,17+,18+,21-,22-/m0/s1. The number of methoxy groups -OCH3 is 1. The first kappa shape index (κ1) is 27.4. The van der Waals surface area contributed by atoms with Gasteiger partial charge in [0.15, 0.2) is 0 Å². The number of primary amides is 1. The van der Waals surface area contributed by atoms with Crippen molar-refractivity contribution >= 4 is 17.7 Å². The van der Waals surface area contributed by atoms with E-state index in [0.717, 1.165) is 32.2 Å². The number of nitrogens with zero attached hydrogens (tertiary/aromatic N) is 2. The number of nitrogens with two attached hydrogens (primary N) is 1. The van der Waals surface area contributed by atoms with E-state index in [1.165, 1.54) is 7.11 Å². The first-order chi connectivity index (χ1) is 14.5. The first-order valence-electron chi connectivity index (χ1n) is 11.6. The van der Waals surface area contributed by atoms with Crippen LogP contribution in [0.1, 0.15) is 66.2 Å². The van der Waals surface area contributed by atoms with E-state index in [1.807, 2.05) is 27.7 Å². The summed E-state index contributed by atoms with van der Waals surface area (Å²) in [6.07, 6.45) is 4.04. The Morgan fingerprint density at radius 3 is 2.35 bits per heavy atom. The molecule has 0 aromatic carbocycles. The van der Waals surface area contributed by atoms with Crippen LogP contribution in [-0.4, -0.2) is 79.5 Å². The first-order valence-corrected chi connectivity index (χ1v) is 11.6. The smallest absolute Gasteiger partial charge is 0.245 e. The van der Waals surface area contributed by atoms with Crippen LogP contribution in [-0.2, 0) is 19.1 Å². The van der Waals surface area contributed by atoms with Gasteiger partial charge in [0.05, 0.1) is 18.6 Å². The number of likely N-dealkylation sites (tertiary alicyclic amines) is 1. The summed E-state index contributed by atoms with van der Waals surface area (Å²) in [4.78, 5) is 41.7. The van der Waals surface area contributed by atoms with Crippen molar-refractivity contribution in [2.75, 3.05) is 27.7 Å². The quantitative estimate of drug-likeness (QED) is 0.481. The number of amides is 3. The molecule has 0 unspecified atom stereocenters. The Hall–Kier alpha value is -1.67. The molecule has 0 bridgehead atoms. The Morgan fingerprint density at radius 2 is 1.87 bits per heavy atom. The maximum absolute atomic E-state index is 13.5. The summed E-state index contributed by atoms with van der Waals surface area (Å²) in [5.41, 5.74) is 5.42. The molecule has 31 heavy (non-hydrogen) atoms. The molecule has 180 valence electrons. The molecule has 0 saturated carbocycles. The van der Waals surface area contributed by atoms with Crippen molar-refractivity contribution in [2.24, 2.45) is 17.6 Å². The van der Waals surface area contributed by atoms with E-state index in [0.29, 0.717) is 6.42 Å². The normalized spacial score (nSPS) is 21.2. The second-order valence-electron chi connectivity index (χ2n) is 9.39. The van der Waals surface area contributed by atoms with Gasteiger partial charge in [-0.1, -0.05) is 40.5 Å². The number of rotatable bonds is 12. The fourth-order valence-electron chi connectivity index (χ4n) is 4.51. The molecule has 3 amide bonds. The van der Waals surface area contributed by atoms with E-state index in [4.69, 9.17) is 10.5 Å². The van der Waals surface area contributed by atoms with Gasteiger partial charge in [-0.05, 0) is 38.3 Å². The highest BCUT2D eigenvalue weighted by atomic mass is 16.5. The fourth-order valence-corrected chi connectivity index (χ4v) is 4.51. The van der Waals surface area contributed by atoms with Crippen LogP contribution in [0.25, 0.3) is 0 Å². The van der Waals surface area contributed by atoms with Crippen LogP contribution in [0.2, 0.25) is 0 Å². The maximum Gasteiger partial charge on any atom is 0.245 e. The Kier molecular flexibility index (Phi) is 11.5. The Bertz CT molecular complexity index is 598. The average molecular weight is 441 g/mol. The van der Waals surface area contributed by atoms with Gasteiger partial charge in [-0.25, -0.2) is 0 Å². The third-order valence-corrected chi connectivity index (χ3v) is 6.70. The lowest BCUT2D eigenvalue weighted by molar-refractivity contribution is -0.143. The summed E-state index contributed by atoms with van der Waals surface area (Å²) in [6, 6.07) is -0.739. The van der Waals surface area contributed by atoms with Crippen molar-refractivity contribution in [3.8, 4) is 0 Å². The van der Waals surface area contributed by atoms with Gasteiger partial charge in [0.1, 0.15) is 6.04 Å². The Labute approximate surface area is 188 Å². The summed E-state index contributed by atoms with van der Waals surface area (Å²) in [5, 5.41) is 2.99. The largest absolute Gasteiger partial charge is 0.379 e. The van der Waals surface area contributed by atoms with Crippen LogP contribution < -0.4 is 11.1 Å². The van der Waals surface area contributed by atoms with Gasteiger partial charge in [0, 0.05) is 26.6 Å². The molecule has 8 nitrogen and oxygen atoms in total. The van der Waals surface area contributed by atoms with Crippen molar-refractivity contribution < 1.29 is 19.1 Å². The Balaban J connectivity index is 2.96. The molecule has 0 aliphatic carbocycles. The van der Waals surface area contributed by atoms with Gasteiger partial charge in [-0.3, -0.25) is 14.4 Å². The molecule has 1 aliphatic rings. The molecule has 0 spiro atoms. The lowest BCUT2D eigenvalue weighted by atomic mass is 9.90. The molecule has 1 aliphatic heterocycles. The third-order valence-electron chi connectivity index (χ3n) is 6.70. The molecule has 1 saturated heterocycles. The zero-order valence-corrected chi connectivity index (χ0v) is 20.5. The maximum atomic E-state index is 13.5. The van der Waals surface area contributed by atoms with Gasteiger partial charge in [0.2, 0.25) is 17.7 Å². The van der Waals surface area contributed by atoms with Gasteiger partial charge >= 0.3 is 0 Å². The molecular weight excluding hydrogens is 396 g/mol. The van der Waals surface area contributed by atoms with Crippen LogP contribution in [0.3, 0.4) is 0 Å². The number of ether oxygens (including phenoxy) is 1. The number of hydrogen-bond donors (Lipinski definition) is 2. The van der Waals surface area contributed by atoms with Crippen LogP contribution in [0.15, 0.2) is 0 Å². The predicted octanol–water partition coefficient (Wildman–Crippen LogP) is 1.77. The number of carbonyl (C=O) groups excluding carboxylic acids is 3. The minimum Gasteiger partial charge on any atom is -0.379 e. The van der Waals surface area contributed by atoms with Gasteiger partial charge in [-0.2, -0.15) is 0 Å². The van der Waals surface area contributed by atoms with Gasteiger partial charge in [0.25, 0.3) is 0 Å². The van der Waals surface area contributed by atoms with Crippen molar-refractivity contribution in [3.05, 3.63) is 0 Å². The SMILES string of the molecule is CC[C@H](C)[C@@H]([C@@H](CC(N)=O)OC)N(C)C(=O)[C@@H](NC(=O)C[C@H]1CCCCN1C)C(C)C. The highest BCUT2D eigenvalue weighted by Gasteiger charge is 2.37. The van der Waals surface area contributed by atoms with E-state index in [-0.39, 0.29) is 42.2 Å². The van der Waals surface area contributed by atoms with Gasteiger partial charge < -0.3 is 25.6 Å².